The SMILES string of the molecule is CSNC(=O)c1cc(Cl)c(Oc2ccc(OC(F)(F)F)c(Cl)c2)cc1F. The van der Waals surface area contributed by atoms with Crippen LogP contribution >= 0.6 is 35.1 Å². The van der Waals surface area contributed by atoms with Crippen LogP contribution < -0.4 is 14.2 Å². The molecule has 0 radical (unpaired) electrons. The first-order valence-corrected chi connectivity index (χ1v) is 8.64. The number of amides is 1. The minimum absolute atomic E-state index is 0.00728. The minimum Gasteiger partial charge on any atom is -0.456 e. The molecule has 140 valence electrons. The fourth-order valence-corrected chi connectivity index (χ4v) is 2.51. The molecule has 0 spiro atoms. The molecule has 0 aliphatic rings. The van der Waals surface area contributed by atoms with Gasteiger partial charge in [-0.3, -0.25) is 9.52 Å². The summed E-state index contributed by atoms with van der Waals surface area (Å²) in [6, 6.07) is 5.07. The van der Waals surface area contributed by atoms with Crippen LogP contribution in [0.2, 0.25) is 10.0 Å². The summed E-state index contributed by atoms with van der Waals surface area (Å²) in [6.45, 7) is 0. The highest BCUT2D eigenvalue weighted by Gasteiger charge is 2.32. The van der Waals surface area contributed by atoms with Gasteiger partial charge in [0.05, 0.1) is 15.6 Å². The Labute approximate surface area is 159 Å². The molecule has 1 amide bonds. The van der Waals surface area contributed by atoms with Gasteiger partial charge in [-0.1, -0.05) is 35.1 Å². The summed E-state index contributed by atoms with van der Waals surface area (Å²) in [5, 5.41) is -0.447. The van der Waals surface area contributed by atoms with E-state index >= 15 is 0 Å². The van der Waals surface area contributed by atoms with E-state index in [1.165, 1.54) is 0 Å². The average molecular weight is 430 g/mol. The van der Waals surface area contributed by atoms with E-state index in [4.69, 9.17) is 27.9 Å². The van der Waals surface area contributed by atoms with Gasteiger partial charge in [-0.2, -0.15) is 0 Å². The van der Waals surface area contributed by atoms with Crippen LogP contribution in [0.4, 0.5) is 17.6 Å². The number of alkyl halides is 3. The number of rotatable bonds is 5. The van der Waals surface area contributed by atoms with Gasteiger partial charge in [0, 0.05) is 18.4 Å². The largest absolute Gasteiger partial charge is 0.573 e. The van der Waals surface area contributed by atoms with Gasteiger partial charge in [-0.25, -0.2) is 4.39 Å². The molecule has 0 atom stereocenters. The first-order valence-electron chi connectivity index (χ1n) is 6.66. The quantitative estimate of drug-likeness (QED) is 0.479. The maximum Gasteiger partial charge on any atom is 0.573 e. The number of benzene rings is 2. The van der Waals surface area contributed by atoms with Crippen LogP contribution in [-0.2, 0) is 0 Å². The van der Waals surface area contributed by atoms with Gasteiger partial charge in [0.1, 0.15) is 23.1 Å². The van der Waals surface area contributed by atoms with Crippen LogP contribution in [0.25, 0.3) is 0 Å². The van der Waals surface area contributed by atoms with Crippen LogP contribution in [0.3, 0.4) is 0 Å². The second kappa shape index (κ2) is 8.24. The van der Waals surface area contributed by atoms with Gasteiger partial charge in [-0.15, -0.1) is 13.2 Å². The van der Waals surface area contributed by atoms with Crippen molar-refractivity contribution in [3.63, 3.8) is 0 Å². The second-order valence-corrected chi connectivity index (χ2v) is 6.07. The van der Waals surface area contributed by atoms with Crippen LogP contribution in [0.1, 0.15) is 10.4 Å². The highest BCUT2D eigenvalue weighted by molar-refractivity contribution is 7.97. The van der Waals surface area contributed by atoms with Crippen molar-refractivity contribution in [2.75, 3.05) is 6.26 Å². The van der Waals surface area contributed by atoms with E-state index in [0.717, 1.165) is 42.3 Å². The predicted octanol–water partition coefficient (Wildman–Crippen LogP) is 5.83. The van der Waals surface area contributed by atoms with Crippen molar-refractivity contribution in [3.05, 3.63) is 51.8 Å². The van der Waals surface area contributed by atoms with E-state index in [0.29, 0.717) is 0 Å². The summed E-state index contributed by atoms with van der Waals surface area (Å²) in [7, 11) is 0. The molecule has 0 heterocycles. The third kappa shape index (κ3) is 5.33. The Balaban J connectivity index is 2.25. The number of halogens is 6. The standard InChI is InChI=1S/C15H9Cl2F4NO3S/c1-26-22-14(23)8-5-10(17)13(6-11(8)18)24-7-2-3-12(9(16)4-7)25-15(19,20)21/h2-6H,1H3,(H,22,23). The van der Waals surface area contributed by atoms with Crippen LogP contribution in [0.5, 0.6) is 17.2 Å². The van der Waals surface area contributed by atoms with Crippen molar-refractivity contribution in [2.24, 2.45) is 0 Å². The Kier molecular flexibility index (Phi) is 6.48. The second-order valence-electron chi connectivity index (χ2n) is 4.64. The Morgan fingerprint density at radius 3 is 2.35 bits per heavy atom. The molecule has 0 fully saturated rings. The van der Waals surface area contributed by atoms with Crippen molar-refractivity contribution >= 4 is 41.1 Å². The molecule has 0 bridgehead atoms. The lowest BCUT2D eigenvalue weighted by molar-refractivity contribution is -0.274. The normalized spacial score (nSPS) is 11.2. The molecule has 2 aromatic carbocycles. The molecule has 26 heavy (non-hydrogen) atoms. The molecule has 0 aliphatic heterocycles. The molecule has 2 rings (SSSR count). The van der Waals surface area contributed by atoms with Crippen molar-refractivity contribution in [1.82, 2.24) is 4.72 Å². The predicted molar refractivity (Wildman–Crippen MR) is 90.6 cm³/mol. The summed E-state index contributed by atoms with van der Waals surface area (Å²) < 4.78 is 62.1. The van der Waals surface area contributed by atoms with Gasteiger partial charge in [-0.05, 0) is 18.2 Å². The summed E-state index contributed by atoms with van der Waals surface area (Å²) in [5.74, 6) is -2.34. The topological polar surface area (TPSA) is 47.6 Å². The first-order chi connectivity index (χ1) is 12.1. The first kappa shape index (κ1) is 20.5. The third-order valence-corrected chi connectivity index (χ3v) is 3.80. The molecular formula is C15H9Cl2F4NO3S. The van der Waals surface area contributed by atoms with E-state index in [1.54, 1.807) is 6.26 Å². The fourth-order valence-electron chi connectivity index (χ4n) is 1.81. The molecule has 11 heteroatoms. The van der Waals surface area contributed by atoms with Crippen molar-refractivity contribution in [1.29, 1.82) is 0 Å². The minimum atomic E-state index is -4.90. The number of hydrogen-bond acceptors (Lipinski definition) is 4. The lowest BCUT2D eigenvalue weighted by Gasteiger charge is -2.13. The van der Waals surface area contributed by atoms with E-state index < -0.39 is 23.8 Å². The number of hydrogen-bond donors (Lipinski definition) is 1. The van der Waals surface area contributed by atoms with Gasteiger partial charge in [0.2, 0.25) is 0 Å². The molecule has 0 aromatic heterocycles. The van der Waals surface area contributed by atoms with Gasteiger partial charge in [0.15, 0.2) is 0 Å². The Morgan fingerprint density at radius 2 is 1.77 bits per heavy atom. The highest BCUT2D eigenvalue weighted by Crippen LogP contribution is 2.36. The van der Waals surface area contributed by atoms with Crippen LogP contribution in [0, 0.1) is 5.82 Å². The smallest absolute Gasteiger partial charge is 0.456 e. The molecule has 0 unspecified atom stereocenters. The van der Waals surface area contributed by atoms with Crippen molar-refractivity contribution in [3.8, 4) is 17.2 Å². The van der Waals surface area contributed by atoms with Crippen molar-refractivity contribution < 1.29 is 31.8 Å². The monoisotopic (exact) mass is 429 g/mol. The number of ether oxygens (including phenoxy) is 2. The van der Waals surface area contributed by atoms with Crippen LogP contribution in [0.15, 0.2) is 30.3 Å². The molecule has 4 nitrogen and oxygen atoms in total. The molecule has 2 aromatic rings. The summed E-state index contributed by atoms with van der Waals surface area (Å²) >= 11 is 12.7. The highest BCUT2D eigenvalue weighted by atomic mass is 35.5. The van der Waals surface area contributed by atoms with Gasteiger partial charge in [0.25, 0.3) is 5.91 Å². The van der Waals surface area contributed by atoms with E-state index in [9.17, 15) is 22.4 Å². The number of carbonyl (C=O) groups is 1. The molecule has 0 saturated carbocycles. The summed E-state index contributed by atoms with van der Waals surface area (Å²) in [5.41, 5.74) is -0.288. The summed E-state index contributed by atoms with van der Waals surface area (Å²) in [4.78, 5) is 11.7. The van der Waals surface area contributed by atoms with E-state index in [2.05, 4.69) is 9.46 Å². The summed E-state index contributed by atoms with van der Waals surface area (Å²) in [6.07, 6.45) is -3.31. The van der Waals surface area contributed by atoms with Crippen molar-refractivity contribution in [2.45, 2.75) is 6.36 Å². The van der Waals surface area contributed by atoms with E-state index in [1.807, 2.05) is 0 Å². The van der Waals surface area contributed by atoms with E-state index in [-0.39, 0.29) is 27.1 Å². The lowest BCUT2D eigenvalue weighted by Crippen LogP contribution is -2.17. The lowest BCUT2D eigenvalue weighted by atomic mass is 10.2. The van der Waals surface area contributed by atoms with Crippen LogP contribution in [-0.4, -0.2) is 18.5 Å². The molecule has 0 aliphatic carbocycles. The molecule has 1 N–H and O–H groups in total. The fraction of sp³-hybridized carbons (Fsp3) is 0.133. The zero-order valence-corrected chi connectivity index (χ0v) is 15.1. The zero-order chi connectivity index (χ0) is 19.5. The van der Waals surface area contributed by atoms with Gasteiger partial charge >= 0.3 is 6.36 Å². The molecule has 0 saturated heterocycles. The maximum atomic E-state index is 14.1. The Morgan fingerprint density at radius 1 is 1.12 bits per heavy atom. The molecular weight excluding hydrogens is 421 g/mol. The number of carbonyl (C=O) groups excluding carboxylic acids is 1. The number of nitrogens with one attached hydrogen (secondary N) is 1. The zero-order valence-electron chi connectivity index (χ0n) is 12.8. The third-order valence-electron chi connectivity index (χ3n) is 2.82. The van der Waals surface area contributed by atoms with Gasteiger partial charge < -0.3 is 9.47 Å². The average Bonchev–Trinajstić information content (AvgIpc) is 2.52. The Bertz CT molecular complexity index is 833. The Hall–Kier alpha value is -1.84. The maximum absolute atomic E-state index is 14.1.